The maximum atomic E-state index is 13.6. The van der Waals surface area contributed by atoms with E-state index >= 15 is 0 Å². The van der Waals surface area contributed by atoms with Gasteiger partial charge in [-0.3, -0.25) is 0 Å². The molecule has 0 spiro atoms. The second-order valence-electron chi connectivity index (χ2n) is 5.11. The van der Waals surface area contributed by atoms with E-state index in [9.17, 15) is 22.8 Å². The van der Waals surface area contributed by atoms with Crippen LogP contribution in [0.15, 0.2) is 24.3 Å². The number of halogens is 4. The van der Waals surface area contributed by atoms with Crippen molar-refractivity contribution in [1.82, 2.24) is 0 Å². The topological polar surface area (TPSA) is 35.8 Å². The summed E-state index contributed by atoms with van der Waals surface area (Å²) in [6.45, 7) is 0. The standard InChI is InChI=1S/C14H14F4N2/c15-11-3-1-2-4-12(11)20-13(9-19)7-5-10(6-8-13)14(16,17)18/h1-4,10,20H,5-8H2. The summed E-state index contributed by atoms with van der Waals surface area (Å²) in [7, 11) is 0. The molecule has 0 atom stereocenters. The average molecular weight is 286 g/mol. The minimum atomic E-state index is -4.22. The number of alkyl halides is 3. The van der Waals surface area contributed by atoms with Gasteiger partial charge in [-0.2, -0.15) is 18.4 Å². The number of anilines is 1. The molecule has 1 aliphatic carbocycles. The molecule has 0 aromatic heterocycles. The molecule has 6 heteroatoms. The van der Waals surface area contributed by atoms with E-state index in [0.29, 0.717) is 0 Å². The van der Waals surface area contributed by atoms with Crippen molar-refractivity contribution in [2.75, 3.05) is 5.32 Å². The van der Waals surface area contributed by atoms with Crippen LogP contribution in [0.1, 0.15) is 25.7 Å². The Hall–Kier alpha value is -1.77. The Morgan fingerprint density at radius 1 is 1.20 bits per heavy atom. The minimum Gasteiger partial charge on any atom is -0.365 e. The predicted molar refractivity (Wildman–Crippen MR) is 66.4 cm³/mol. The Balaban J connectivity index is 2.10. The van der Waals surface area contributed by atoms with E-state index in [2.05, 4.69) is 5.32 Å². The summed E-state index contributed by atoms with van der Waals surface area (Å²) in [6, 6.07) is 7.86. The molecule has 1 saturated carbocycles. The maximum Gasteiger partial charge on any atom is 0.391 e. The van der Waals surface area contributed by atoms with Crippen LogP contribution >= 0.6 is 0 Å². The van der Waals surface area contributed by atoms with Crippen molar-refractivity contribution >= 4 is 5.69 Å². The summed E-state index contributed by atoms with van der Waals surface area (Å²) < 4.78 is 51.4. The third kappa shape index (κ3) is 3.03. The fraction of sp³-hybridized carbons (Fsp3) is 0.500. The zero-order valence-electron chi connectivity index (χ0n) is 10.7. The number of rotatable bonds is 2. The molecule has 108 valence electrons. The molecule has 0 heterocycles. The highest BCUT2D eigenvalue weighted by Crippen LogP contribution is 2.42. The van der Waals surface area contributed by atoms with Crippen LogP contribution in [-0.4, -0.2) is 11.7 Å². The maximum absolute atomic E-state index is 13.6. The molecule has 0 bridgehead atoms. The molecular formula is C14H14F4N2. The van der Waals surface area contributed by atoms with Gasteiger partial charge in [0.1, 0.15) is 11.4 Å². The summed E-state index contributed by atoms with van der Waals surface area (Å²) in [5, 5.41) is 12.0. The fourth-order valence-corrected chi connectivity index (χ4v) is 2.52. The molecule has 0 saturated heterocycles. The molecule has 2 nitrogen and oxygen atoms in total. The van der Waals surface area contributed by atoms with Gasteiger partial charge in [0.2, 0.25) is 0 Å². The van der Waals surface area contributed by atoms with Gasteiger partial charge < -0.3 is 5.32 Å². The normalized spacial score (nSPS) is 26.9. The van der Waals surface area contributed by atoms with Crippen molar-refractivity contribution in [3.05, 3.63) is 30.1 Å². The van der Waals surface area contributed by atoms with Crippen LogP contribution in [0.4, 0.5) is 23.2 Å². The Bertz CT molecular complexity index is 511. The summed E-state index contributed by atoms with van der Waals surface area (Å²) in [4.78, 5) is 0. The molecule has 0 aliphatic heterocycles. The SMILES string of the molecule is N#CC1(Nc2ccccc2F)CCC(C(F)(F)F)CC1. The zero-order chi connectivity index (χ0) is 14.8. The van der Waals surface area contributed by atoms with Gasteiger partial charge in [-0.05, 0) is 37.8 Å². The van der Waals surface area contributed by atoms with Crippen LogP contribution < -0.4 is 5.32 Å². The van der Waals surface area contributed by atoms with Crippen molar-refractivity contribution in [3.8, 4) is 6.07 Å². The molecule has 1 aromatic carbocycles. The zero-order valence-corrected chi connectivity index (χ0v) is 10.7. The van der Waals surface area contributed by atoms with Crippen molar-refractivity contribution in [2.24, 2.45) is 5.92 Å². The van der Waals surface area contributed by atoms with Crippen molar-refractivity contribution < 1.29 is 17.6 Å². The van der Waals surface area contributed by atoms with Gasteiger partial charge in [0.25, 0.3) is 0 Å². The molecule has 0 amide bonds. The molecule has 2 rings (SSSR count). The van der Waals surface area contributed by atoms with E-state index in [0.717, 1.165) is 0 Å². The minimum absolute atomic E-state index is 0.0576. The van der Waals surface area contributed by atoms with Crippen molar-refractivity contribution in [3.63, 3.8) is 0 Å². The first-order valence-electron chi connectivity index (χ1n) is 6.37. The lowest BCUT2D eigenvalue weighted by Gasteiger charge is -2.36. The molecule has 20 heavy (non-hydrogen) atoms. The van der Waals surface area contributed by atoms with E-state index in [1.54, 1.807) is 6.07 Å². The molecule has 1 fully saturated rings. The lowest BCUT2D eigenvalue weighted by Crippen LogP contribution is -2.43. The Kier molecular flexibility index (Phi) is 3.89. The van der Waals surface area contributed by atoms with Gasteiger partial charge in [0.05, 0.1) is 17.7 Å². The largest absolute Gasteiger partial charge is 0.391 e. The highest BCUT2D eigenvalue weighted by Gasteiger charge is 2.46. The van der Waals surface area contributed by atoms with Crippen molar-refractivity contribution in [2.45, 2.75) is 37.4 Å². The van der Waals surface area contributed by atoms with Gasteiger partial charge >= 0.3 is 6.18 Å². The first kappa shape index (κ1) is 14.6. The third-order valence-corrected chi connectivity index (χ3v) is 3.76. The summed E-state index contributed by atoms with van der Waals surface area (Å²) in [5.74, 6) is -1.88. The second-order valence-corrected chi connectivity index (χ2v) is 5.11. The van der Waals surface area contributed by atoms with E-state index in [1.807, 2.05) is 6.07 Å². The molecule has 0 radical (unpaired) electrons. The first-order valence-corrected chi connectivity index (χ1v) is 6.37. The number of benzene rings is 1. The predicted octanol–water partition coefficient (Wildman–Crippen LogP) is 4.25. The van der Waals surface area contributed by atoms with E-state index in [-0.39, 0.29) is 31.4 Å². The Morgan fingerprint density at radius 2 is 1.80 bits per heavy atom. The summed E-state index contributed by atoms with van der Waals surface area (Å²) in [6.07, 6.45) is -4.33. The average Bonchev–Trinajstić information content (AvgIpc) is 2.41. The summed E-state index contributed by atoms with van der Waals surface area (Å²) in [5.41, 5.74) is -0.969. The van der Waals surface area contributed by atoms with Gasteiger partial charge in [0.15, 0.2) is 0 Å². The van der Waals surface area contributed by atoms with Crippen LogP contribution in [0.2, 0.25) is 0 Å². The van der Waals surface area contributed by atoms with E-state index < -0.39 is 23.5 Å². The number of para-hydroxylation sites is 1. The quantitative estimate of drug-likeness (QED) is 0.825. The highest BCUT2D eigenvalue weighted by atomic mass is 19.4. The van der Waals surface area contributed by atoms with Crippen LogP contribution in [0.3, 0.4) is 0 Å². The van der Waals surface area contributed by atoms with Gasteiger partial charge in [-0.15, -0.1) is 0 Å². The number of nitriles is 1. The molecule has 0 unspecified atom stereocenters. The lowest BCUT2D eigenvalue weighted by atomic mass is 9.77. The number of nitrogens with one attached hydrogen (secondary N) is 1. The van der Waals surface area contributed by atoms with Crippen LogP contribution in [-0.2, 0) is 0 Å². The van der Waals surface area contributed by atoms with Gasteiger partial charge in [0, 0.05) is 0 Å². The monoisotopic (exact) mass is 286 g/mol. The molecule has 1 aromatic rings. The Labute approximate surface area is 114 Å². The van der Waals surface area contributed by atoms with Gasteiger partial charge in [-0.1, -0.05) is 12.1 Å². The van der Waals surface area contributed by atoms with Gasteiger partial charge in [-0.25, -0.2) is 4.39 Å². The third-order valence-electron chi connectivity index (χ3n) is 3.76. The summed E-state index contributed by atoms with van der Waals surface area (Å²) >= 11 is 0. The molecular weight excluding hydrogens is 272 g/mol. The Morgan fingerprint density at radius 3 is 2.30 bits per heavy atom. The molecule has 1 aliphatic rings. The van der Waals surface area contributed by atoms with Crippen LogP contribution in [0.25, 0.3) is 0 Å². The van der Waals surface area contributed by atoms with E-state index in [1.165, 1.54) is 18.2 Å². The first-order chi connectivity index (χ1) is 9.36. The number of nitrogens with zero attached hydrogens (tertiary/aromatic N) is 1. The van der Waals surface area contributed by atoms with Crippen LogP contribution in [0.5, 0.6) is 0 Å². The second kappa shape index (κ2) is 5.31. The number of hydrogen-bond donors (Lipinski definition) is 1. The fourth-order valence-electron chi connectivity index (χ4n) is 2.52. The number of hydrogen-bond acceptors (Lipinski definition) is 2. The smallest absolute Gasteiger partial charge is 0.365 e. The molecule has 1 N–H and O–H groups in total. The van der Waals surface area contributed by atoms with Crippen molar-refractivity contribution in [1.29, 1.82) is 5.26 Å². The lowest BCUT2D eigenvalue weighted by molar-refractivity contribution is -0.183. The highest BCUT2D eigenvalue weighted by molar-refractivity contribution is 5.49. The van der Waals surface area contributed by atoms with E-state index in [4.69, 9.17) is 0 Å². The van der Waals surface area contributed by atoms with Crippen LogP contribution in [0, 0.1) is 23.1 Å².